The lowest BCUT2D eigenvalue weighted by Gasteiger charge is -2.30. The Morgan fingerprint density at radius 2 is 1.88 bits per heavy atom. The highest BCUT2D eigenvalue weighted by atomic mass is 32.2. The van der Waals surface area contributed by atoms with E-state index in [1.165, 1.54) is 15.9 Å². The number of hydrogen-bond acceptors (Lipinski definition) is 10. The first kappa shape index (κ1) is 36.5. The van der Waals surface area contributed by atoms with Crippen LogP contribution < -0.4 is 20.7 Å². The summed E-state index contributed by atoms with van der Waals surface area (Å²) in [6.45, 7) is 5.40. The standard InChI is InChI=1S/C34H45FN6O9S/c1-33(2,3)50-31(45)37-26-16-36-13-6-4-5-9-21-15-34(21,30(44)39-51(47,48)23-11-12-23)38-28(42)27-14-22(18-41(27)29(26)43)49-32(46)40-17-20-8-7-10-25(35)24(20)19-40/h5,7-10,21-23,26-27,36H,4,6,11-19H2,1-3H3,(H,37,45)(H,38,42)(H,39,44)/b9-5-/t21-,22?,26+,27+,34-/m1/s1. The number of halogens is 1. The van der Waals surface area contributed by atoms with Crippen molar-refractivity contribution < 1.29 is 46.3 Å². The number of ether oxygens (including phenoxy) is 2. The van der Waals surface area contributed by atoms with Crippen molar-refractivity contribution in [3.05, 3.63) is 47.3 Å². The Kier molecular flexibility index (Phi) is 10.1. The van der Waals surface area contributed by atoms with Crippen molar-refractivity contribution in [2.75, 3.05) is 19.6 Å². The first-order chi connectivity index (χ1) is 24.1. The van der Waals surface area contributed by atoms with E-state index in [0.717, 1.165) is 0 Å². The molecule has 3 fully saturated rings. The van der Waals surface area contributed by atoms with Crippen LogP contribution in [-0.4, -0.2) is 102 Å². The second kappa shape index (κ2) is 14.1. The molecule has 5 aliphatic rings. The number of fused-ring (bicyclic) bond motifs is 3. The van der Waals surface area contributed by atoms with Crippen molar-refractivity contribution in [3.63, 3.8) is 0 Å². The molecule has 1 aromatic rings. The molecule has 15 nitrogen and oxygen atoms in total. The number of alkyl carbamates (subject to hydrolysis) is 1. The van der Waals surface area contributed by atoms with Crippen molar-refractivity contribution in [2.45, 2.75) is 107 Å². The van der Waals surface area contributed by atoms with Crippen LogP contribution in [0.2, 0.25) is 0 Å². The Labute approximate surface area is 296 Å². The number of allylic oxidation sites excluding steroid dienone is 1. The van der Waals surface area contributed by atoms with E-state index in [2.05, 4.69) is 20.7 Å². The fourth-order valence-corrected chi connectivity index (χ4v) is 8.13. The van der Waals surface area contributed by atoms with E-state index < -0.39 is 86.2 Å². The van der Waals surface area contributed by atoms with E-state index in [1.54, 1.807) is 39.0 Å². The third kappa shape index (κ3) is 8.29. The number of carbonyl (C=O) groups is 5. The molecule has 3 aliphatic heterocycles. The molecule has 0 radical (unpaired) electrons. The average molecular weight is 733 g/mol. The lowest BCUT2D eigenvalue weighted by molar-refractivity contribution is -0.141. The van der Waals surface area contributed by atoms with Crippen LogP contribution in [0.25, 0.3) is 0 Å². The molecule has 1 unspecified atom stereocenters. The lowest BCUT2D eigenvalue weighted by Crippen LogP contribution is -2.59. The highest BCUT2D eigenvalue weighted by molar-refractivity contribution is 7.91. The zero-order valence-corrected chi connectivity index (χ0v) is 29.7. The van der Waals surface area contributed by atoms with Gasteiger partial charge in [-0.25, -0.2) is 22.4 Å². The Hall–Kier alpha value is -4.25. The third-order valence-electron chi connectivity index (χ3n) is 9.69. The maximum Gasteiger partial charge on any atom is 0.410 e. The summed E-state index contributed by atoms with van der Waals surface area (Å²) < 4.78 is 53.2. The number of amides is 5. The van der Waals surface area contributed by atoms with Crippen molar-refractivity contribution >= 4 is 39.9 Å². The number of nitrogens with zero attached hydrogens (tertiary/aromatic N) is 2. The van der Waals surface area contributed by atoms with Crippen LogP contribution in [0, 0.1) is 11.7 Å². The smallest absolute Gasteiger partial charge is 0.410 e. The number of hydrogen-bond donors (Lipinski definition) is 4. The zero-order valence-electron chi connectivity index (χ0n) is 28.9. The number of nitrogens with one attached hydrogen (secondary N) is 4. The summed E-state index contributed by atoms with van der Waals surface area (Å²) in [5.41, 5.74) is -1.41. The second-order valence-corrected chi connectivity index (χ2v) is 16.9. The number of rotatable bonds is 5. The molecule has 5 atom stereocenters. The molecule has 3 heterocycles. The van der Waals surface area contributed by atoms with E-state index >= 15 is 0 Å². The Morgan fingerprint density at radius 1 is 1.12 bits per heavy atom. The molecule has 2 aliphatic carbocycles. The molecule has 0 spiro atoms. The Balaban J connectivity index is 1.25. The number of benzene rings is 1. The van der Waals surface area contributed by atoms with Gasteiger partial charge in [-0.05, 0) is 71.0 Å². The fraction of sp³-hybridized carbons (Fsp3) is 0.618. The van der Waals surface area contributed by atoms with Crippen LogP contribution in [0.1, 0.15) is 70.4 Å². The topological polar surface area (TPSA) is 193 Å². The van der Waals surface area contributed by atoms with E-state index in [-0.39, 0.29) is 39.0 Å². The van der Waals surface area contributed by atoms with Gasteiger partial charge in [-0.15, -0.1) is 0 Å². The summed E-state index contributed by atoms with van der Waals surface area (Å²) in [6, 6.07) is 2.14. The van der Waals surface area contributed by atoms with Crippen LogP contribution in [0.15, 0.2) is 30.4 Å². The quantitative estimate of drug-likeness (QED) is 0.323. The largest absolute Gasteiger partial charge is 0.444 e. The number of carbonyl (C=O) groups excluding carboxylic acids is 5. The normalized spacial score (nSPS) is 28.9. The van der Waals surface area contributed by atoms with Crippen LogP contribution in [0.5, 0.6) is 0 Å². The Bertz CT molecular complexity index is 1730. The zero-order chi connectivity index (χ0) is 36.7. The van der Waals surface area contributed by atoms with Crippen LogP contribution >= 0.6 is 0 Å². The molecule has 1 saturated heterocycles. The van der Waals surface area contributed by atoms with Gasteiger partial charge in [0.05, 0.1) is 18.3 Å². The van der Waals surface area contributed by atoms with Gasteiger partial charge in [0.2, 0.25) is 21.8 Å². The van der Waals surface area contributed by atoms with Crippen molar-refractivity contribution in [1.82, 2.24) is 30.5 Å². The first-order valence-electron chi connectivity index (χ1n) is 17.3. The average Bonchev–Trinajstić information content (AvgIpc) is 3.93. The van der Waals surface area contributed by atoms with E-state index in [0.29, 0.717) is 43.4 Å². The minimum atomic E-state index is -3.93. The van der Waals surface area contributed by atoms with Crippen molar-refractivity contribution in [3.8, 4) is 0 Å². The van der Waals surface area contributed by atoms with Crippen LogP contribution in [0.4, 0.5) is 14.0 Å². The minimum Gasteiger partial charge on any atom is -0.444 e. The van der Waals surface area contributed by atoms with E-state index in [9.17, 15) is 36.8 Å². The van der Waals surface area contributed by atoms with Crippen LogP contribution in [-0.2, 0) is 47.0 Å². The molecule has 5 amide bonds. The van der Waals surface area contributed by atoms with Gasteiger partial charge < -0.3 is 30.3 Å². The molecule has 6 rings (SSSR count). The highest BCUT2D eigenvalue weighted by Gasteiger charge is 2.62. The summed E-state index contributed by atoms with van der Waals surface area (Å²) in [4.78, 5) is 70.6. The molecule has 0 bridgehead atoms. The molecular formula is C34H45FN6O9S. The SMILES string of the molecule is CC(C)(C)OC(=O)N[C@H]1CNCCC/C=C\[C@@H]2C[C@@]2(C(=O)NS(=O)(=O)C2CC2)NC(=O)[C@@H]2CC(OC(=O)N3Cc4cccc(F)c4C3)CN2C1=O. The first-order valence-corrected chi connectivity index (χ1v) is 18.9. The van der Waals surface area contributed by atoms with Gasteiger partial charge in [0, 0.05) is 31.0 Å². The maximum atomic E-state index is 14.4. The lowest BCUT2D eigenvalue weighted by atomic mass is 10.1. The van der Waals surface area contributed by atoms with E-state index in [1.807, 2.05) is 6.08 Å². The van der Waals surface area contributed by atoms with Gasteiger partial charge in [-0.3, -0.25) is 24.0 Å². The third-order valence-corrected chi connectivity index (χ3v) is 11.5. The molecule has 17 heteroatoms. The molecule has 51 heavy (non-hydrogen) atoms. The number of sulfonamides is 1. The van der Waals surface area contributed by atoms with Gasteiger partial charge in [0.25, 0.3) is 5.91 Å². The van der Waals surface area contributed by atoms with Crippen LogP contribution in [0.3, 0.4) is 0 Å². The van der Waals surface area contributed by atoms with Crippen molar-refractivity contribution in [1.29, 1.82) is 0 Å². The van der Waals surface area contributed by atoms with Gasteiger partial charge in [-0.1, -0.05) is 24.3 Å². The van der Waals surface area contributed by atoms with Gasteiger partial charge in [-0.2, -0.15) is 0 Å². The second-order valence-electron chi connectivity index (χ2n) is 14.9. The predicted molar refractivity (Wildman–Crippen MR) is 180 cm³/mol. The highest BCUT2D eigenvalue weighted by Crippen LogP contribution is 2.46. The predicted octanol–water partition coefficient (Wildman–Crippen LogP) is 1.56. The fourth-order valence-electron chi connectivity index (χ4n) is 6.77. The monoisotopic (exact) mass is 732 g/mol. The maximum absolute atomic E-state index is 14.4. The van der Waals surface area contributed by atoms with Gasteiger partial charge in [0.1, 0.15) is 35.1 Å². The summed E-state index contributed by atoms with van der Waals surface area (Å²) >= 11 is 0. The van der Waals surface area contributed by atoms with Gasteiger partial charge >= 0.3 is 12.2 Å². The van der Waals surface area contributed by atoms with Crippen molar-refractivity contribution in [2.24, 2.45) is 5.92 Å². The summed E-state index contributed by atoms with van der Waals surface area (Å²) in [7, 11) is -3.93. The molecule has 4 N–H and O–H groups in total. The summed E-state index contributed by atoms with van der Waals surface area (Å²) in [5, 5.41) is 7.88. The molecule has 2 saturated carbocycles. The molecule has 278 valence electrons. The molecule has 0 aromatic heterocycles. The molecule has 1 aromatic carbocycles. The van der Waals surface area contributed by atoms with Gasteiger partial charge in [0.15, 0.2) is 0 Å². The summed E-state index contributed by atoms with van der Waals surface area (Å²) in [6.07, 6.45) is 3.19. The van der Waals surface area contributed by atoms with E-state index in [4.69, 9.17) is 9.47 Å². The summed E-state index contributed by atoms with van der Waals surface area (Å²) in [5.74, 6) is -3.19. The molecular weight excluding hydrogens is 687 g/mol. The Morgan fingerprint density at radius 3 is 2.59 bits per heavy atom. The minimum absolute atomic E-state index is 0.00266.